The average Bonchev–Trinajstić information content (AvgIpc) is 2.94. The van der Waals surface area contributed by atoms with Crippen LogP contribution in [-0.2, 0) is 14.3 Å². The number of ether oxygens (including phenoxy) is 6. The van der Waals surface area contributed by atoms with Gasteiger partial charge in [0.05, 0.1) is 41.0 Å². The van der Waals surface area contributed by atoms with Gasteiger partial charge < -0.3 is 28.4 Å². The lowest BCUT2D eigenvalue weighted by molar-refractivity contribution is -0.135. The molecule has 9 nitrogen and oxygen atoms in total. The van der Waals surface area contributed by atoms with Crippen LogP contribution in [0.4, 0.5) is 0 Å². The van der Waals surface area contributed by atoms with E-state index in [-0.39, 0.29) is 23.5 Å². The number of fused-ring (bicyclic) bond motifs is 2. The number of methoxy groups -OCH3 is 4. The summed E-state index contributed by atoms with van der Waals surface area (Å²) in [7, 11) is 6.04. The SMILES string of the molecule is COc1cc([C@@H]2CC(=O)Oc3cc4c(c(OC)c32)C(=O)O[C@@H](C)CCCC(=O)CCCC=C4)cc(OC)c1OC. The van der Waals surface area contributed by atoms with Crippen LogP contribution in [0.2, 0.25) is 0 Å². The van der Waals surface area contributed by atoms with Crippen molar-refractivity contribution in [2.24, 2.45) is 0 Å². The number of rotatable bonds is 5. The van der Waals surface area contributed by atoms with Crippen LogP contribution in [-0.4, -0.2) is 52.3 Å². The van der Waals surface area contributed by atoms with Crippen molar-refractivity contribution in [3.05, 3.63) is 46.5 Å². The predicted molar refractivity (Wildman–Crippen MR) is 148 cm³/mol. The van der Waals surface area contributed by atoms with Crippen molar-refractivity contribution in [3.63, 3.8) is 0 Å². The van der Waals surface area contributed by atoms with Crippen LogP contribution >= 0.6 is 0 Å². The van der Waals surface area contributed by atoms with E-state index in [9.17, 15) is 14.4 Å². The van der Waals surface area contributed by atoms with E-state index >= 15 is 0 Å². The zero-order valence-corrected chi connectivity index (χ0v) is 23.7. The Morgan fingerprint density at radius 1 is 0.850 bits per heavy atom. The van der Waals surface area contributed by atoms with Gasteiger partial charge in [0.1, 0.15) is 22.8 Å². The molecule has 0 spiro atoms. The molecule has 2 aliphatic rings. The van der Waals surface area contributed by atoms with Gasteiger partial charge in [-0.25, -0.2) is 4.79 Å². The van der Waals surface area contributed by atoms with Crippen molar-refractivity contribution in [1.82, 2.24) is 0 Å². The van der Waals surface area contributed by atoms with Crippen LogP contribution in [0.15, 0.2) is 24.3 Å². The van der Waals surface area contributed by atoms with E-state index < -0.39 is 24.0 Å². The number of hydrogen-bond donors (Lipinski definition) is 0. The van der Waals surface area contributed by atoms with E-state index in [2.05, 4.69) is 0 Å². The minimum atomic E-state index is -0.546. The van der Waals surface area contributed by atoms with Crippen molar-refractivity contribution in [2.75, 3.05) is 28.4 Å². The molecule has 2 heterocycles. The summed E-state index contributed by atoms with van der Waals surface area (Å²) in [6, 6.07) is 5.23. The van der Waals surface area contributed by atoms with Gasteiger partial charge in [-0.1, -0.05) is 12.2 Å². The van der Waals surface area contributed by atoms with Gasteiger partial charge in [0.25, 0.3) is 0 Å². The quantitative estimate of drug-likeness (QED) is 0.344. The molecule has 2 atom stereocenters. The van der Waals surface area contributed by atoms with Crippen LogP contribution in [0.5, 0.6) is 28.7 Å². The van der Waals surface area contributed by atoms with E-state index in [4.69, 9.17) is 28.4 Å². The van der Waals surface area contributed by atoms with E-state index in [1.807, 2.05) is 13.0 Å². The lowest BCUT2D eigenvalue weighted by Gasteiger charge is -2.29. The number of carbonyl (C=O) groups excluding carboxylic acids is 3. The third kappa shape index (κ3) is 6.08. The minimum absolute atomic E-state index is 0.0100. The molecule has 0 unspecified atom stereocenters. The second kappa shape index (κ2) is 12.9. The van der Waals surface area contributed by atoms with E-state index in [0.717, 1.165) is 0 Å². The number of Topliss-reactive ketones (excluding diaryl/α,β-unsaturated/α-hetero) is 1. The average molecular weight is 553 g/mol. The number of ketones is 1. The molecule has 0 aliphatic carbocycles. The number of cyclic esters (lactones) is 1. The number of benzene rings is 2. The predicted octanol–water partition coefficient (Wildman–Crippen LogP) is 5.64. The molecule has 0 radical (unpaired) electrons. The van der Waals surface area contributed by atoms with Gasteiger partial charge in [0.15, 0.2) is 11.5 Å². The zero-order valence-electron chi connectivity index (χ0n) is 23.7. The monoisotopic (exact) mass is 552 g/mol. The second-order valence-corrected chi connectivity index (χ2v) is 9.92. The molecule has 2 aliphatic heterocycles. The molecule has 4 rings (SSSR count). The lowest BCUT2D eigenvalue weighted by Crippen LogP contribution is -2.24. The van der Waals surface area contributed by atoms with Gasteiger partial charge in [-0.3, -0.25) is 9.59 Å². The molecular weight excluding hydrogens is 516 g/mol. The van der Waals surface area contributed by atoms with Crippen LogP contribution in [0.1, 0.15) is 84.8 Å². The van der Waals surface area contributed by atoms with Crippen LogP contribution < -0.4 is 23.7 Å². The molecule has 214 valence electrons. The van der Waals surface area contributed by atoms with E-state index in [1.165, 1.54) is 28.4 Å². The Bertz CT molecular complexity index is 1290. The molecule has 0 saturated carbocycles. The van der Waals surface area contributed by atoms with Crippen LogP contribution in [0, 0.1) is 0 Å². The fourth-order valence-corrected chi connectivity index (χ4v) is 5.30. The second-order valence-electron chi connectivity index (χ2n) is 9.92. The van der Waals surface area contributed by atoms with Crippen molar-refractivity contribution in [2.45, 2.75) is 63.9 Å². The van der Waals surface area contributed by atoms with Gasteiger partial charge in [-0.15, -0.1) is 0 Å². The standard InChI is InChI=1S/C31H36O9/c1-18-10-9-13-21(32)12-8-6-7-11-19-14-23-28(30(38-5)27(19)31(34)39-18)22(17-26(33)40-23)20-15-24(35-2)29(37-4)25(16-20)36-3/h7,11,14-16,18,22H,6,8-10,12-13,17H2,1-5H3/t18-,22-/m0/s1. The largest absolute Gasteiger partial charge is 0.495 e. The van der Waals surface area contributed by atoms with Gasteiger partial charge >= 0.3 is 11.9 Å². The molecule has 0 N–H and O–H groups in total. The van der Waals surface area contributed by atoms with Crippen molar-refractivity contribution in [1.29, 1.82) is 0 Å². The Morgan fingerprint density at radius 2 is 1.52 bits per heavy atom. The third-order valence-electron chi connectivity index (χ3n) is 7.25. The van der Waals surface area contributed by atoms with Gasteiger partial charge in [-0.2, -0.15) is 0 Å². The summed E-state index contributed by atoms with van der Waals surface area (Å²) in [5.74, 6) is 0.587. The molecule has 40 heavy (non-hydrogen) atoms. The summed E-state index contributed by atoms with van der Waals surface area (Å²) < 4.78 is 34.0. The molecule has 0 bridgehead atoms. The smallest absolute Gasteiger partial charge is 0.342 e. The first kappa shape index (κ1) is 29.0. The molecule has 0 saturated heterocycles. The Labute approximate surface area is 234 Å². The summed E-state index contributed by atoms with van der Waals surface area (Å²) in [6.07, 6.45) is 6.87. The van der Waals surface area contributed by atoms with E-state index in [1.54, 1.807) is 24.3 Å². The zero-order chi connectivity index (χ0) is 28.8. The van der Waals surface area contributed by atoms with Crippen molar-refractivity contribution in [3.8, 4) is 28.7 Å². The molecule has 0 fully saturated rings. The maximum Gasteiger partial charge on any atom is 0.342 e. The normalized spacial score (nSPS) is 19.9. The summed E-state index contributed by atoms with van der Waals surface area (Å²) in [5.41, 5.74) is 2.02. The Kier molecular flexibility index (Phi) is 9.34. The lowest BCUT2D eigenvalue weighted by atomic mass is 9.83. The first-order valence-electron chi connectivity index (χ1n) is 13.5. The number of hydrogen-bond acceptors (Lipinski definition) is 9. The fourth-order valence-electron chi connectivity index (χ4n) is 5.30. The highest BCUT2D eigenvalue weighted by Gasteiger charge is 2.37. The fraction of sp³-hybridized carbons (Fsp3) is 0.452. The van der Waals surface area contributed by atoms with Crippen LogP contribution in [0.25, 0.3) is 6.08 Å². The number of allylic oxidation sites excluding steroid dienone is 1. The van der Waals surface area contributed by atoms with Gasteiger partial charge in [-0.05, 0) is 61.9 Å². The summed E-state index contributed by atoms with van der Waals surface area (Å²) in [6.45, 7) is 1.81. The Balaban J connectivity index is 1.90. The van der Waals surface area contributed by atoms with Crippen LogP contribution in [0.3, 0.4) is 0 Å². The third-order valence-corrected chi connectivity index (χ3v) is 7.25. The maximum absolute atomic E-state index is 13.6. The molecular formula is C31H36O9. The highest BCUT2D eigenvalue weighted by atomic mass is 16.6. The first-order chi connectivity index (χ1) is 19.3. The molecule has 2 aromatic carbocycles. The minimum Gasteiger partial charge on any atom is -0.495 e. The summed E-state index contributed by atoms with van der Waals surface area (Å²) in [5, 5.41) is 0. The summed E-state index contributed by atoms with van der Waals surface area (Å²) >= 11 is 0. The summed E-state index contributed by atoms with van der Waals surface area (Å²) in [4.78, 5) is 38.6. The molecule has 2 aromatic rings. The maximum atomic E-state index is 13.6. The van der Waals surface area contributed by atoms with E-state index in [0.29, 0.717) is 78.2 Å². The topological polar surface area (TPSA) is 107 Å². The highest BCUT2D eigenvalue weighted by molar-refractivity contribution is 5.99. The van der Waals surface area contributed by atoms with Crippen molar-refractivity contribution < 1.29 is 42.8 Å². The number of esters is 2. The Hall–Kier alpha value is -4.01. The Morgan fingerprint density at radius 3 is 2.17 bits per heavy atom. The van der Waals surface area contributed by atoms with Crippen molar-refractivity contribution >= 4 is 23.8 Å². The van der Waals surface area contributed by atoms with Gasteiger partial charge in [0, 0.05) is 24.3 Å². The first-order valence-corrected chi connectivity index (χ1v) is 13.5. The molecule has 9 heteroatoms. The molecule has 0 aromatic heterocycles. The number of carbonyl (C=O) groups is 3. The highest BCUT2D eigenvalue weighted by Crippen LogP contribution is 2.50. The molecule has 0 amide bonds. The van der Waals surface area contributed by atoms with Gasteiger partial charge in [0.2, 0.25) is 5.75 Å².